The van der Waals surface area contributed by atoms with Gasteiger partial charge in [0.15, 0.2) is 0 Å². The zero-order valence-electron chi connectivity index (χ0n) is 13.2. The van der Waals surface area contributed by atoms with Gasteiger partial charge in [0.2, 0.25) is 0 Å². The van der Waals surface area contributed by atoms with E-state index < -0.39 is 0 Å². The van der Waals surface area contributed by atoms with Gasteiger partial charge in [0.25, 0.3) is 0 Å². The van der Waals surface area contributed by atoms with Gasteiger partial charge >= 0.3 is 0 Å². The van der Waals surface area contributed by atoms with E-state index in [1.165, 1.54) is 15.4 Å². The van der Waals surface area contributed by atoms with Crippen LogP contribution < -0.4 is 5.32 Å². The van der Waals surface area contributed by atoms with Crippen molar-refractivity contribution in [3.63, 3.8) is 0 Å². The molecule has 0 fully saturated rings. The van der Waals surface area contributed by atoms with Gasteiger partial charge in [-0.05, 0) is 32.9 Å². The summed E-state index contributed by atoms with van der Waals surface area (Å²) < 4.78 is 0. The lowest BCUT2D eigenvalue weighted by atomic mass is 9.98. The first-order chi connectivity index (χ1) is 9.27. The third-order valence-corrected chi connectivity index (χ3v) is 5.07. The Bertz CT molecular complexity index is 576. The summed E-state index contributed by atoms with van der Waals surface area (Å²) in [5.41, 5.74) is 3.71. The molecule has 0 aliphatic carbocycles. The van der Waals surface area contributed by atoms with Crippen LogP contribution in [0.4, 0.5) is 5.69 Å². The summed E-state index contributed by atoms with van der Waals surface area (Å²) in [6.45, 7) is 13.1. The first kappa shape index (κ1) is 15.0. The molecule has 108 valence electrons. The Kier molecular flexibility index (Phi) is 4.19. The molecule has 0 saturated carbocycles. The molecule has 2 aromatic rings. The van der Waals surface area contributed by atoms with E-state index in [4.69, 9.17) is 4.98 Å². The zero-order valence-corrected chi connectivity index (χ0v) is 14.1. The second-order valence-electron chi connectivity index (χ2n) is 6.45. The lowest BCUT2D eigenvalue weighted by molar-refractivity contribution is 0.584. The number of nitrogens with zero attached hydrogens (tertiary/aromatic N) is 1. The van der Waals surface area contributed by atoms with Crippen LogP contribution in [0, 0.1) is 13.8 Å². The molecule has 0 aliphatic rings. The predicted molar refractivity (Wildman–Crippen MR) is 88.8 cm³/mol. The normalized spacial score (nSPS) is 13.3. The molecule has 0 aliphatic heterocycles. The van der Waals surface area contributed by atoms with Gasteiger partial charge in [-0.1, -0.05) is 38.5 Å². The number of hydrogen-bond acceptors (Lipinski definition) is 3. The Hall–Kier alpha value is -1.35. The first-order valence-corrected chi connectivity index (χ1v) is 7.90. The van der Waals surface area contributed by atoms with E-state index in [2.05, 4.69) is 71.1 Å². The molecule has 3 heteroatoms. The van der Waals surface area contributed by atoms with Gasteiger partial charge in [0, 0.05) is 16.0 Å². The Morgan fingerprint density at radius 1 is 1.10 bits per heavy atom. The molecule has 0 radical (unpaired) electrons. The minimum absolute atomic E-state index is 0.122. The standard InChI is InChI=1S/C17H24N2S/c1-11-7-9-14(10-8-11)18-12(2)15-13(3)19-16(20-15)17(4,5)6/h7-10,12,18H,1-6H3. The van der Waals surface area contributed by atoms with Crippen molar-refractivity contribution in [2.45, 2.75) is 53.0 Å². The average molecular weight is 288 g/mol. The van der Waals surface area contributed by atoms with Crippen molar-refractivity contribution < 1.29 is 0 Å². The molecule has 0 spiro atoms. The smallest absolute Gasteiger partial charge is 0.0985 e. The summed E-state index contributed by atoms with van der Waals surface area (Å²) in [6, 6.07) is 8.82. The largest absolute Gasteiger partial charge is 0.378 e. The third kappa shape index (κ3) is 3.40. The molecule has 1 heterocycles. The number of hydrogen-bond donors (Lipinski definition) is 1. The monoisotopic (exact) mass is 288 g/mol. The third-order valence-electron chi connectivity index (χ3n) is 3.30. The average Bonchev–Trinajstić information content (AvgIpc) is 2.74. The molecule has 0 amide bonds. The van der Waals surface area contributed by atoms with Crippen LogP contribution in [0.25, 0.3) is 0 Å². The minimum Gasteiger partial charge on any atom is -0.378 e. The Morgan fingerprint density at radius 2 is 1.70 bits per heavy atom. The van der Waals surface area contributed by atoms with Crippen LogP contribution in [-0.2, 0) is 5.41 Å². The van der Waals surface area contributed by atoms with E-state index in [0.29, 0.717) is 0 Å². The van der Waals surface area contributed by atoms with E-state index in [9.17, 15) is 0 Å². The number of aryl methyl sites for hydroxylation is 2. The van der Waals surface area contributed by atoms with E-state index >= 15 is 0 Å². The van der Waals surface area contributed by atoms with Crippen LogP contribution in [0.2, 0.25) is 0 Å². The Labute approximate surface area is 126 Å². The molecule has 1 atom stereocenters. The summed E-state index contributed by atoms with van der Waals surface area (Å²) in [5, 5.41) is 4.77. The fourth-order valence-corrected chi connectivity index (χ4v) is 3.22. The molecule has 2 nitrogen and oxygen atoms in total. The second kappa shape index (κ2) is 5.57. The lowest BCUT2D eigenvalue weighted by Gasteiger charge is -2.15. The van der Waals surface area contributed by atoms with Gasteiger partial charge in [-0.15, -0.1) is 11.3 Å². The van der Waals surface area contributed by atoms with Crippen molar-refractivity contribution in [3.05, 3.63) is 45.4 Å². The summed E-state index contributed by atoms with van der Waals surface area (Å²) in [4.78, 5) is 6.07. The summed E-state index contributed by atoms with van der Waals surface area (Å²) >= 11 is 1.82. The van der Waals surface area contributed by atoms with Gasteiger partial charge in [-0.3, -0.25) is 0 Å². The van der Waals surface area contributed by atoms with Gasteiger partial charge in [-0.25, -0.2) is 4.98 Å². The lowest BCUT2D eigenvalue weighted by Crippen LogP contribution is -2.10. The maximum atomic E-state index is 4.74. The highest BCUT2D eigenvalue weighted by molar-refractivity contribution is 7.12. The van der Waals surface area contributed by atoms with Crippen molar-refractivity contribution in [1.82, 2.24) is 4.98 Å². The molecule has 2 rings (SSSR count). The summed E-state index contributed by atoms with van der Waals surface area (Å²) in [5.74, 6) is 0. The quantitative estimate of drug-likeness (QED) is 0.836. The van der Waals surface area contributed by atoms with Crippen LogP contribution in [0.5, 0.6) is 0 Å². The summed E-state index contributed by atoms with van der Waals surface area (Å²) in [7, 11) is 0. The molecule has 1 aromatic heterocycles. The maximum absolute atomic E-state index is 4.74. The molecule has 0 bridgehead atoms. The fourth-order valence-electron chi connectivity index (χ4n) is 2.10. The number of aromatic nitrogens is 1. The SMILES string of the molecule is Cc1ccc(NC(C)c2sc(C(C)(C)C)nc2C)cc1. The highest BCUT2D eigenvalue weighted by atomic mass is 32.1. The fraction of sp³-hybridized carbons (Fsp3) is 0.471. The van der Waals surface area contributed by atoms with E-state index in [-0.39, 0.29) is 11.5 Å². The molecule has 1 unspecified atom stereocenters. The van der Waals surface area contributed by atoms with Crippen LogP contribution in [-0.4, -0.2) is 4.98 Å². The van der Waals surface area contributed by atoms with Crippen molar-refractivity contribution in [1.29, 1.82) is 0 Å². The molecule has 0 saturated heterocycles. The van der Waals surface area contributed by atoms with Gasteiger partial charge in [-0.2, -0.15) is 0 Å². The van der Waals surface area contributed by atoms with Crippen molar-refractivity contribution >= 4 is 17.0 Å². The Morgan fingerprint density at radius 3 is 2.20 bits per heavy atom. The van der Waals surface area contributed by atoms with E-state index in [1.807, 2.05) is 11.3 Å². The van der Waals surface area contributed by atoms with E-state index in [0.717, 1.165) is 11.4 Å². The Balaban J connectivity index is 2.19. The first-order valence-electron chi connectivity index (χ1n) is 7.08. The maximum Gasteiger partial charge on any atom is 0.0985 e. The number of anilines is 1. The van der Waals surface area contributed by atoms with E-state index in [1.54, 1.807) is 0 Å². The van der Waals surface area contributed by atoms with Crippen LogP contribution in [0.3, 0.4) is 0 Å². The van der Waals surface area contributed by atoms with Crippen molar-refractivity contribution in [2.24, 2.45) is 0 Å². The topological polar surface area (TPSA) is 24.9 Å². The van der Waals surface area contributed by atoms with Gasteiger partial charge < -0.3 is 5.32 Å². The van der Waals surface area contributed by atoms with Crippen LogP contribution >= 0.6 is 11.3 Å². The highest BCUT2D eigenvalue weighted by Crippen LogP contribution is 2.33. The molecule has 1 aromatic carbocycles. The van der Waals surface area contributed by atoms with Gasteiger partial charge in [0.1, 0.15) is 0 Å². The number of nitrogens with one attached hydrogen (secondary N) is 1. The minimum atomic E-state index is 0.122. The number of thiazole rings is 1. The molecule has 20 heavy (non-hydrogen) atoms. The number of rotatable bonds is 3. The van der Waals surface area contributed by atoms with Crippen molar-refractivity contribution in [3.8, 4) is 0 Å². The number of benzene rings is 1. The van der Waals surface area contributed by atoms with Crippen LogP contribution in [0.1, 0.15) is 54.9 Å². The second-order valence-corrected chi connectivity index (χ2v) is 7.48. The van der Waals surface area contributed by atoms with Crippen molar-refractivity contribution in [2.75, 3.05) is 5.32 Å². The van der Waals surface area contributed by atoms with Crippen LogP contribution in [0.15, 0.2) is 24.3 Å². The zero-order chi connectivity index (χ0) is 14.9. The predicted octanol–water partition coefficient (Wildman–Crippen LogP) is 5.23. The van der Waals surface area contributed by atoms with Gasteiger partial charge in [0.05, 0.1) is 16.7 Å². The highest BCUT2D eigenvalue weighted by Gasteiger charge is 2.22. The molecular formula is C17H24N2S. The summed E-state index contributed by atoms with van der Waals surface area (Å²) in [6.07, 6.45) is 0. The molecule has 1 N–H and O–H groups in total. The molecular weight excluding hydrogens is 264 g/mol.